The molecular formula is C10H11BrClNS2. The molecule has 15 heavy (non-hydrogen) atoms. The van der Waals surface area contributed by atoms with Crippen LogP contribution in [0, 0.1) is 6.92 Å². The number of aryl methyl sites for hydroxylation is 1. The smallest absolute Gasteiger partial charge is 0.0731 e. The van der Waals surface area contributed by atoms with Gasteiger partial charge in [0.25, 0.3) is 0 Å². The minimum Gasteiger partial charge on any atom is -0.320 e. The van der Waals surface area contributed by atoms with Gasteiger partial charge in [0.15, 0.2) is 0 Å². The van der Waals surface area contributed by atoms with Crippen molar-refractivity contribution in [2.75, 3.05) is 0 Å². The van der Waals surface area contributed by atoms with Crippen molar-refractivity contribution in [1.29, 1.82) is 0 Å². The molecule has 0 fully saturated rings. The Hall–Kier alpha value is 0.130. The summed E-state index contributed by atoms with van der Waals surface area (Å²) < 4.78 is 1.18. The summed E-state index contributed by atoms with van der Waals surface area (Å²) in [6.07, 6.45) is 0. The first kappa shape index (κ1) is 13.2. The van der Waals surface area contributed by atoms with Crippen LogP contribution >= 0.6 is 51.0 Å². The third-order valence-electron chi connectivity index (χ3n) is 2.09. The number of hydrogen-bond donors (Lipinski definition) is 1. The van der Waals surface area contributed by atoms with Crippen LogP contribution in [-0.4, -0.2) is 0 Å². The van der Waals surface area contributed by atoms with Crippen molar-refractivity contribution >= 4 is 51.0 Å². The summed E-state index contributed by atoms with van der Waals surface area (Å²) in [6, 6.07) is 4.26. The van der Waals surface area contributed by atoms with E-state index in [-0.39, 0.29) is 18.4 Å². The first-order chi connectivity index (χ1) is 6.68. The zero-order chi connectivity index (χ0) is 10.1. The van der Waals surface area contributed by atoms with E-state index < -0.39 is 0 Å². The molecule has 0 aliphatic heterocycles. The van der Waals surface area contributed by atoms with E-state index in [1.165, 1.54) is 19.8 Å². The van der Waals surface area contributed by atoms with E-state index in [4.69, 9.17) is 5.73 Å². The van der Waals surface area contributed by atoms with Gasteiger partial charge < -0.3 is 5.73 Å². The van der Waals surface area contributed by atoms with E-state index in [0.29, 0.717) is 0 Å². The monoisotopic (exact) mass is 323 g/mol. The zero-order valence-corrected chi connectivity index (χ0v) is 12.1. The Bertz CT molecular complexity index is 405. The minimum absolute atomic E-state index is 0. The number of halogens is 2. The summed E-state index contributed by atoms with van der Waals surface area (Å²) in [5.74, 6) is 0. The van der Waals surface area contributed by atoms with Crippen LogP contribution in [0.25, 0.3) is 0 Å². The van der Waals surface area contributed by atoms with Crippen molar-refractivity contribution in [1.82, 2.24) is 0 Å². The predicted molar refractivity (Wildman–Crippen MR) is 74.4 cm³/mol. The quantitative estimate of drug-likeness (QED) is 0.873. The summed E-state index contributed by atoms with van der Waals surface area (Å²) in [5, 5.41) is 4.17. The molecule has 0 unspecified atom stereocenters. The Balaban J connectivity index is 0.00000112. The van der Waals surface area contributed by atoms with Crippen LogP contribution in [0.2, 0.25) is 0 Å². The summed E-state index contributed by atoms with van der Waals surface area (Å²) in [4.78, 5) is 1.22. The predicted octanol–water partition coefficient (Wildman–Crippen LogP) is 4.35. The van der Waals surface area contributed by atoms with E-state index in [1.807, 2.05) is 0 Å². The third kappa shape index (κ3) is 2.82. The van der Waals surface area contributed by atoms with E-state index in [2.05, 4.69) is 45.7 Å². The number of thiophene rings is 2. The first-order valence-electron chi connectivity index (χ1n) is 4.22. The van der Waals surface area contributed by atoms with Gasteiger partial charge in [0.1, 0.15) is 0 Å². The van der Waals surface area contributed by atoms with Gasteiger partial charge in [0.2, 0.25) is 0 Å². The van der Waals surface area contributed by atoms with Gasteiger partial charge in [-0.05, 0) is 56.9 Å². The summed E-state index contributed by atoms with van der Waals surface area (Å²) in [6.45, 7) is 2.09. The van der Waals surface area contributed by atoms with Crippen LogP contribution in [-0.2, 0) is 0 Å². The number of nitrogens with two attached hydrogens (primary N) is 1. The highest BCUT2D eigenvalue weighted by atomic mass is 79.9. The van der Waals surface area contributed by atoms with E-state index in [1.54, 1.807) is 22.7 Å². The van der Waals surface area contributed by atoms with Gasteiger partial charge in [-0.3, -0.25) is 0 Å². The molecule has 2 aromatic rings. The molecule has 0 spiro atoms. The van der Waals surface area contributed by atoms with Gasteiger partial charge in [-0.15, -0.1) is 23.7 Å². The Morgan fingerprint density at radius 3 is 2.67 bits per heavy atom. The molecular weight excluding hydrogens is 314 g/mol. The molecule has 2 aromatic heterocycles. The Kier molecular flexibility index (Phi) is 4.80. The third-order valence-corrected chi connectivity index (χ3v) is 5.01. The molecule has 0 bridgehead atoms. The molecule has 2 heterocycles. The van der Waals surface area contributed by atoms with Gasteiger partial charge >= 0.3 is 0 Å². The molecule has 1 atom stereocenters. The molecule has 1 nitrogen and oxygen atoms in total. The summed E-state index contributed by atoms with van der Waals surface area (Å²) in [5.41, 5.74) is 8.60. The maximum absolute atomic E-state index is 6.14. The molecule has 2 N–H and O–H groups in total. The second-order valence-corrected chi connectivity index (χ2v) is 6.32. The molecule has 0 aromatic carbocycles. The van der Waals surface area contributed by atoms with Crippen molar-refractivity contribution in [3.63, 3.8) is 0 Å². The van der Waals surface area contributed by atoms with Crippen LogP contribution < -0.4 is 5.73 Å². The Morgan fingerprint density at radius 2 is 2.20 bits per heavy atom. The molecule has 5 heteroatoms. The van der Waals surface area contributed by atoms with Gasteiger partial charge in [-0.1, -0.05) is 0 Å². The van der Waals surface area contributed by atoms with E-state index in [0.717, 1.165) is 0 Å². The van der Waals surface area contributed by atoms with Gasteiger partial charge in [0.05, 0.1) is 9.83 Å². The SMILES string of the molecule is Cc1cc([C@H](N)c2ccsc2)sc1Br.Cl. The topological polar surface area (TPSA) is 26.0 Å². The second kappa shape index (κ2) is 5.46. The Labute approximate surface area is 112 Å². The molecule has 0 saturated carbocycles. The molecule has 0 aliphatic rings. The normalized spacial score (nSPS) is 12.2. The standard InChI is InChI=1S/C10H10BrNS2.ClH/c1-6-4-8(14-10(6)11)9(12)7-2-3-13-5-7;/h2-5,9H,12H2,1H3;1H/t9-;/m1./s1. The molecule has 0 amide bonds. The fraction of sp³-hybridized carbons (Fsp3) is 0.200. The fourth-order valence-electron chi connectivity index (χ4n) is 1.25. The van der Waals surface area contributed by atoms with Crippen molar-refractivity contribution in [2.45, 2.75) is 13.0 Å². The van der Waals surface area contributed by atoms with Crippen molar-refractivity contribution in [3.8, 4) is 0 Å². The fourth-order valence-corrected chi connectivity index (χ4v) is 3.55. The lowest BCUT2D eigenvalue weighted by atomic mass is 10.1. The van der Waals surface area contributed by atoms with Crippen molar-refractivity contribution in [3.05, 3.63) is 42.7 Å². The largest absolute Gasteiger partial charge is 0.320 e. The van der Waals surface area contributed by atoms with Crippen LogP contribution in [0.5, 0.6) is 0 Å². The average Bonchev–Trinajstić information content (AvgIpc) is 2.76. The van der Waals surface area contributed by atoms with E-state index >= 15 is 0 Å². The highest BCUT2D eigenvalue weighted by Gasteiger charge is 2.13. The van der Waals surface area contributed by atoms with Crippen molar-refractivity contribution in [2.24, 2.45) is 5.73 Å². The molecule has 0 saturated heterocycles. The highest BCUT2D eigenvalue weighted by Crippen LogP contribution is 2.33. The molecule has 0 radical (unpaired) electrons. The van der Waals surface area contributed by atoms with Crippen LogP contribution in [0.4, 0.5) is 0 Å². The maximum atomic E-state index is 6.14. The Morgan fingerprint density at radius 1 is 1.47 bits per heavy atom. The molecule has 0 aliphatic carbocycles. The first-order valence-corrected chi connectivity index (χ1v) is 6.77. The van der Waals surface area contributed by atoms with Crippen molar-refractivity contribution < 1.29 is 0 Å². The van der Waals surface area contributed by atoms with Crippen LogP contribution in [0.15, 0.2) is 26.7 Å². The highest BCUT2D eigenvalue weighted by molar-refractivity contribution is 9.11. The van der Waals surface area contributed by atoms with Gasteiger partial charge in [-0.25, -0.2) is 0 Å². The minimum atomic E-state index is 0. The van der Waals surface area contributed by atoms with Crippen LogP contribution in [0.3, 0.4) is 0 Å². The van der Waals surface area contributed by atoms with E-state index in [9.17, 15) is 0 Å². The lowest BCUT2D eigenvalue weighted by Crippen LogP contribution is -2.08. The maximum Gasteiger partial charge on any atom is 0.0731 e. The number of hydrogen-bond acceptors (Lipinski definition) is 3. The lowest BCUT2D eigenvalue weighted by Gasteiger charge is -2.05. The zero-order valence-electron chi connectivity index (χ0n) is 8.07. The molecule has 82 valence electrons. The van der Waals surface area contributed by atoms with Gasteiger partial charge in [-0.2, -0.15) is 11.3 Å². The summed E-state index contributed by atoms with van der Waals surface area (Å²) in [7, 11) is 0. The second-order valence-electron chi connectivity index (χ2n) is 3.14. The summed E-state index contributed by atoms with van der Waals surface area (Å²) >= 11 is 6.92. The number of rotatable bonds is 2. The van der Waals surface area contributed by atoms with Crippen LogP contribution in [0.1, 0.15) is 22.0 Å². The lowest BCUT2D eigenvalue weighted by molar-refractivity contribution is 0.898. The van der Waals surface area contributed by atoms with Gasteiger partial charge in [0, 0.05) is 4.88 Å². The average molecular weight is 325 g/mol. The molecule has 2 rings (SSSR count).